The molecule has 0 aliphatic heterocycles. The third-order valence-corrected chi connectivity index (χ3v) is 5.62. The third kappa shape index (κ3) is 4.35. The van der Waals surface area contributed by atoms with Gasteiger partial charge < -0.3 is 4.74 Å². The Bertz CT molecular complexity index is 932. The maximum Gasteiger partial charge on any atom is 0.310 e. The molecule has 0 aromatic heterocycles. The number of rotatable bonds is 5. The molecule has 0 heterocycles. The summed E-state index contributed by atoms with van der Waals surface area (Å²) in [5.74, 6) is -2.97. The van der Waals surface area contributed by atoms with E-state index in [2.05, 4.69) is 31.9 Å². The van der Waals surface area contributed by atoms with Crippen LogP contribution in [-0.4, -0.2) is 5.97 Å². The van der Waals surface area contributed by atoms with Gasteiger partial charge in [-0.1, -0.05) is 38.1 Å². The van der Waals surface area contributed by atoms with Crippen molar-refractivity contribution in [3.05, 3.63) is 68.9 Å². The molecule has 2 nitrogen and oxygen atoms in total. The van der Waals surface area contributed by atoms with Crippen LogP contribution in [0, 0.1) is 34.7 Å². The summed E-state index contributed by atoms with van der Waals surface area (Å²) in [5.41, 5.74) is 0.0212. The van der Waals surface area contributed by atoms with Crippen LogP contribution in [0.2, 0.25) is 0 Å². The Morgan fingerprint density at radius 1 is 1.14 bits per heavy atom. The van der Waals surface area contributed by atoms with E-state index < -0.39 is 23.4 Å². The summed E-state index contributed by atoms with van der Waals surface area (Å²) in [5, 5.41) is 0. The zero-order valence-corrected chi connectivity index (χ0v) is 18.3. The van der Waals surface area contributed by atoms with Crippen LogP contribution in [0.3, 0.4) is 0 Å². The summed E-state index contributed by atoms with van der Waals surface area (Å²) in [6.07, 6.45) is 1.89. The van der Waals surface area contributed by atoms with Crippen molar-refractivity contribution in [1.82, 2.24) is 0 Å². The van der Waals surface area contributed by atoms with Gasteiger partial charge in [0.05, 0.1) is 9.31 Å². The minimum atomic E-state index is -0.792. The molecule has 0 amide bonds. The summed E-state index contributed by atoms with van der Waals surface area (Å²) in [4.78, 5) is 12.4. The molecule has 0 N–H and O–H groups in total. The first-order chi connectivity index (χ1) is 13.1. The molecule has 0 unspecified atom stereocenters. The molecule has 0 saturated heterocycles. The highest BCUT2D eigenvalue weighted by Crippen LogP contribution is 2.60. The van der Waals surface area contributed by atoms with E-state index in [-0.39, 0.29) is 40.5 Å². The molecule has 1 saturated carbocycles. The van der Waals surface area contributed by atoms with Crippen LogP contribution in [0.25, 0.3) is 11.1 Å². The Balaban J connectivity index is 1.76. The lowest BCUT2D eigenvalue weighted by Crippen LogP contribution is -2.11. The van der Waals surface area contributed by atoms with Crippen molar-refractivity contribution < 1.29 is 22.7 Å². The molecule has 1 aliphatic carbocycles. The predicted octanol–water partition coefficient (Wildman–Crippen LogP) is 6.72. The van der Waals surface area contributed by atoms with Crippen LogP contribution in [0.5, 0.6) is 0 Å². The molecule has 2 atom stereocenters. The highest BCUT2D eigenvalue weighted by molar-refractivity contribution is 9.28. The standard InChI is InChI=1S/C21H17Br2F3O2/c1-21(2)16(9-17(22)23)18(21)20(27)28-10-11-4-3-5-15(19(11)26)12-6-13(24)8-14(25)7-12/h3-9,16,18H,10H2,1-2H3/t16-,18-/m0/s1. The summed E-state index contributed by atoms with van der Waals surface area (Å²) in [6.45, 7) is 3.67. The third-order valence-electron chi connectivity index (χ3n) is 5.09. The SMILES string of the molecule is CC1(C)[C@H](C(=O)OCc2cccc(-c3cc(F)cc(F)c3)c2F)[C@@H]1C=C(Br)Br. The van der Waals surface area contributed by atoms with Gasteiger partial charge in [-0.25, -0.2) is 13.2 Å². The average Bonchev–Trinajstić information content (AvgIpc) is 3.12. The van der Waals surface area contributed by atoms with E-state index in [9.17, 15) is 18.0 Å². The second-order valence-electron chi connectivity index (χ2n) is 7.33. The molecule has 7 heteroatoms. The average molecular weight is 518 g/mol. The van der Waals surface area contributed by atoms with Gasteiger partial charge in [-0.05, 0) is 60.9 Å². The van der Waals surface area contributed by atoms with Crippen LogP contribution < -0.4 is 0 Å². The van der Waals surface area contributed by atoms with Gasteiger partial charge in [-0.2, -0.15) is 0 Å². The number of allylic oxidation sites excluding steroid dienone is 1. The van der Waals surface area contributed by atoms with Crippen molar-refractivity contribution >= 4 is 37.8 Å². The Morgan fingerprint density at radius 2 is 1.79 bits per heavy atom. The zero-order valence-electron chi connectivity index (χ0n) is 15.1. The number of halogens is 5. The van der Waals surface area contributed by atoms with E-state index in [1.807, 2.05) is 19.9 Å². The van der Waals surface area contributed by atoms with E-state index in [0.29, 0.717) is 0 Å². The fourth-order valence-electron chi connectivity index (χ4n) is 3.44. The molecule has 1 aliphatic rings. The predicted molar refractivity (Wildman–Crippen MR) is 108 cm³/mol. The van der Waals surface area contributed by atoms with Crippen molar-refractivity contribution in [3.8, 4) is 11.1 Å². The summed E-state index contributed by atoms with van der Waals surface area (Å²) in [7, 11) is 0. The highest BCUT2D eigenvalue weighted by Gasteiger charge is 2.61. The Hall–Kier alpha value is -1.60. The second kappa shape index (κ2) is 8.03. The molecule has 148 valence electrons. The van der Waals surface area contributed by atoms with Gasteiger partial charge in [0.1, 0.15) is 24.1 Å². The quantitative estimate of drug-likeness (QED) is 0.411. The molecule has 3 rings (SSSR count). The van der Waals surface area contributed by atoms with Gasteiger partial charge in [0.15, 0.2) is 0 Å². The van der Waals surface area contributed by atoms with Crippen molar-refractivity contribution in [3.63, 3.8) is 0 Å². The normalized spacial score (nSPS) is 19.8. The number of ether oxygens (including phenoxy) is 1. The van der Waals surface area contributed by atoms with Crippen molar-refractivity contribution in [2.75, 3.05) is 0 Å². The van der Waals surface area contributed by atoms with E-state index >= 15 is 0 Å². The monoisotopic (exact) mass is 516 g/mol. The summed E-state index contributed by atoms with van der Waals surface area (Å²) < 4.78 is 47.8. The highest BCUT2D eigenvalue weighted by atomic mass is 79.9. The van der Waals surface area contributed by atoms with Gasteiger partial charge in [-0.15, -0.1) is 0 Å². The maximum absolute atomic E-state index is 14.8. The van der Waals surface area contributed by atoms with Crippen LogP contribution >= 0.6 is 31.9 Å². The number of carbonyl (C=O) groups is 1. The second-order valence-corrected chi connectivity index (χ2v) is 10.1. The fraction of sp³-hybridized carbons (Fsp3) is 0.286. The number of carbonyl (C=O) groups excluding carboxylic acids is 1. The Kier molecular flexibility index (Phi) is 6.05. The minimum Gasteiger partial charge on any atom is -0.460 e. The largest absolute Gasteiger partial charge is 0.460 e. The van der Waals surface area contributed by atoms with Crippen LogP contribution in [0.1, 0.15) is 19.4 Å². The van der Waals surface area contributed by atoms with E-state index in [1.54, 1.807) is 6.07 Å². The first kappa shape index (κ1) is 21.1. The lowest BCUT2D eigenvalue weighted by atomic mass is 10.0. The summed E-state index contributed by atoms with van der Waals surface area (Å²) >= 11 is 6.58. The van der Waals surface area contributed by atoms with Gasteiger partial charge >= 0.3 is 5.97 Å². The number of hydrogen-bond acceptors (Lipinski definition) is 2. The summed E-state index contributed by atoms with van der Waals surface area (Å²) in [6, 6.07) is 7.29. The molecule has 1 fully saturated rings. The van der Waals surface area contributed by atoms with Gasteiger partial charge in [0.25, 0.3) is 0 Å². The lowest BCUT2D eigenvalue weighted by molar-refractivity contribution is -0.147. The van der Waals surface area contributed by atoms with Crippen LogP contribution in [0.15, 0.2) is 45.9 Å². The van der Waals surface area contributed by atoms with E-state index in [0.717, 1.165) is 21.6 Å². The van der Waals surface area contributed by atoms with E-state index in [4.69, 9.17) is 4.74 Å². The molecule has 0 bridgehead atoms. The molecule has 2 aromatic rings. The molecule has 0 radical (unpaired) electrons. The molecule has 2 aromatic carbocycles. The number of hydrogen-bond donors (Lipinski definition) is 0. The van der Waals surface area contributed by atoms with Crippen molar-refractivity contribution in [2.24, 2.45) is 17.3 Å². The van der Waals surface area contributed by atoms with Gasteiger partial charge in [0, 0.05) is 17.2 Å². The zero-order chi connectivity index (χ0) is 20.6. The van der Waals surface area contributed by atoms with Gasteiger partial charge in [0.2, 0.25) is 0 Å². The van der Waals surface area contributed by atoms with Crippen LogP contribution in [-0.2, 0) is 16.1 Å². The topological polar surface area (TPSA) is 26.3 Å². The molecule has 28 heavy (non-hydrogen) atoms. The number of esters is 1. The van der Waals surface area contributed by atoms with Crippen LogP contribution in [0.4, 0.5) is 13.2 Å². The van der Waals surface area contributed by atoms with E-state index in [1.165, 1.54) is 12.1 Å². The lowest BCUT2D eigenvalue weighted by Gasteiger charge is -2.10. The smallest absolute Gasteiger partial charge is 0.310 e. The fourth-order valence-corrected chi connectivity index (χ4v) is 4.01. The molecular formula is C21H17Br2F3O2. The molecule has 0 spiro atoms. The Morgan fingerprint density at radius 3 is 2.39 bits per heavy atom. The van der Waals surface area contributed by atoms with Crippen molar-refractivity contribution in [2.45, 2.75) is 20.5 Å². The minimum absolute atomic E-state index is 0.0141. The van der Waals surface area contributed by atoms with Crippen molar-refractivity contribution in [1.29, 1.82) is 0 Å². The Labute approximate surface area is 178 Å². The number of benzene rings is 2. The van der Waals surface area contributed by atoms with Gasteiger partial charge in [-0.3, -0.25) is 4.79 Å². The first-order valence-corrected chi connectivity index (χ1v) is 10.1. The first-order valence-electron chi connectivity index (χ1n) is 8.54. The molecular weight excluding hydrogens is 501 g/mol. The maximum atomic E-state index is 14.8.